The van der Waals surface area contributed by atoms with Gasteiger partial charge >= 0.3 is 6.61 Å². The first-order chi connectivity index (χ1) is 14.9. The van der Waals surface area contributed by atoms with Crippen LogP contribution in [0.4, 0.5) is 8.78 Å². The molecule has 2 aromatic rings. The summed E-state index contributed by atoms with van der Waals surface area (Å²) in [5.41, 5.74) is 2.50. The van der Waals surface area contributed by atoms with Gasteiger partial charge < -0.3 is 29.6 Å². The molecule has 0 aromatic heterocycles. The highest BCUT2D eigenvalue weighted by Crippen LogP contribution is 2.39. The number of hydrogen-bond donors (Lipinski definition) is 2. The second kappa shape index (κ2) is 13.8. The Morgan fingerprint density at radius 3 is 2.22 bits per heavy atom. The van der Waals surface area contributed by atoms with Crippen LogP contribution < -0.4 is 29.6 Å². The molecule has 0 spiro atoms. The molecular weight excluding hydrogens is 535 g/mol. The first-order valence-electron chi connectivity index (χ1n) is 9.70. The summed E-state index contributed by atoms with van der Waals surface area (Å²) in [6.07, 6.45) is 0.633. The fourth-order valence-corrected chi connectivity index (χ4v) is 3.13. The van der Waals surface area contributed by atoms with Crippen molar-refractivity contribution >= 4 is 29.9 Å². The standard InChI is InChI=1S/C22H29F2N3O4.HI/c1-14-6-8-17(31-21(23)24)16(12-14)13-27-22(25-2)26-11-10-15-7-9-18(28-3)20(30-5)19(15)29-4;/h6-9,12,21H,10-11,13H2,1-5H3,(H2,25,26,27);1H. The third kappa shape index (κ3) is 7.57. The average molecular weight is 565 g/mol. The summed E-state index contributed by atoms with van der Waals surface area (Å²) < 4.78 is 46.1. The van der Waals surface area contributed by atoms with Gasteiger partial charge in [-0.05, 0) is 25.5 Å². The molecule has 0 saturated carbocycles. The van der Waals surface area contributed by atoms with Crippen LogP contribution in [0.1, 0.15) is 16.7 Å². The van der Waals surface area contributed by atoms with Crippen LogP contribution in [0.3, 0.4) is 0 Å². The van der Waals surface area contributed by atoms with Gasteiger partial charge in [-0.15, -0.1) is 24.0 Å². The largest absolute Gasteiger partial charge is 0.493 e. The zero-order chi connectivity index (χ0) is 22.8. The van der Waals surface area contributed by atoms with Crippen molar-refractivity contribution in [2.45, 2.75) is 26.5 Å². The van der Waals surface area contributed by atoms with E-state index in [1.54, 1.807) is 40.5 Å². The third-order valence-electron chi connectivity index (χ3n) is 4.57. The molecule has 0 saturated heterocycles. The number of aryl methyl sites for hydroxylation is 1. The summed E-state index contributed by atoms with van der Waals surface area (Å²) >= 11 is 0. The number of nitrogens with zero attached hydrogens (tertiary/aromatic N) is 1. The molecule has 0 unspecified atom stereocenters. The molecule has 0 aliphatic carbocycles. The molecule has 10 heteroatoms. The summed E-state index contributed by atoms with van der Waals surface area (Å²) in [6.45, 7) is -0.155. The lowest BCUT2D eigenvalue weighted by molar-refractivity contribution is -0.0504. The molecule has 2 aromatic carbocycles. The summed E-state index contributed by atoms with van der Waals surface area (Å²) in [4.78, 5) is 4.18. The minimum Gasteiger partial charge on any atom is -0.493 e. The van der Waals surface area contributed by atoms with Crippen LogP contribution in [-0.2, 0) is 13.0 Å². The van der Waals surface area contributed by atoms with Crippen molar-refractivity contribution in [3.05, 3.63) is 47.0 Å². The summed E-state index contributed by atoms with van der Waals surface area (Å²) in [7, 11) is 6.35. The van der Waals surface area contributed by atoms with Gasteiger partial charge in [-0.1, -0.05) is 23.8 Å². The Bertz CT molecular complexity index is 898. The molecule has 32 heavy (non-hydrogen) atoms. The van der Waals surface area contributed by atoms with Gasteiger partial charge in [-0.2, -0.15) is 8.78 Å². The van der Waals surface area contributed by atoms with Crippen molar-refractivity contribution in [3.63, 3.8) is 0 Å². The van der Waals surface area contributed by atoms with Crippen LogP contribution >= 0.6 is 24.0 Å². The lowest BCUT2D eigenvalue weighted by atomic mass is 10.1. The number of alkyl halides is 2. The highest BCUT2D eigenvalue weighted by molar-refractivity contribution is 14.0. The number of hydrogen-bond acceptors (Lipinski definition) is 5. The van der Waals surface area contributed by atoms with Gasteiger partial charge in [0, 0.05) is 31.3 Å². The van der Waals surface area contributed by atoms with Gasteiger partial charge in [0.25, 0.3) is 0 Å². The van der Waals surface area contributed by atoms with Crippen molar-refractivity contribution in [1.82, 2.24) is 10.6 Å². The van der Waals surface area contributed by atoms with Crippen molar-refractivity contribution in [1.29, 1.82) is 0 Å². The van der Waals surface area contributed by atoms with Gasteiger partial charge in [0.1, 0.15) is 5.75 Å². The number of rotatable bonds is 10. The van der Waals surface area contributed by atoms with E-state index in [2.05, 4.69) is 20.4 Å². The van der Waals surface area contributed by atoms with Gasteiger partial charge in [0.2, 0.25) is 5.75 Å². The highest BCUT2D eigenvalue weighted by Gasteiger charge is 2.16. The smallest absolute Gasteiger partial charge is 0.387 e. The fraction of sp³-hybridized carbons (Fsp3) is 0.409. The van der Waals surface area contributed by atoms with Crippen LogP contribution in [0.2, 0.25) is 0 Å². The van der Waals surface area contributed by atoms with E-state index in [0.717, 1.165) is 11.1 Å². The van der Waals surface area contributed by atoms with Crippen LogP contribution in [-0.4, -0.2) is 47.5 Å². The summed E-state index contributed by atoms with van der Waals surface area (Å²) in [5, 5.41) is 6.32. The first-order valence-corrected chi connectivity index (χ1v) is 9.70. The second-order valence-corrected chi connectivity index (χ2v) is 6.59. The Morgan fingerprint density at radius 1 is 0.938 bits per heavy atom. The molecule has 0 atom stereocenters. The molecule has 7 nitrogen and oxygen atoms in total. The van der Waals surface area contributed by atoms with E-state index in [0.29, 0.717) is 41.7 Å². The second-order valence-electron chi connectivity index (χ2n) is 6.59. The number of guanidine groups is 1. The van der Waals surface area contributed by atoms with Crippen molar-refractivity contribution in [3.8, 4) is 23.0 Å². The summed E-state index contributed by atoms with van der Waals surface area (Å²) in [5.74, 6) is 2.41. The zero-order valence-corrected chi connectivity index (χ0v) is 21.2. The lowest BCUT2D eigenvalue weighted by Crippen LogP contribution is -2.38. The minimum absolute atomic E-state index is 0. The van der Waals surface area contributed by atoms with Crippen molar-refractivity contribution in [2.24, 2.45) is 4.99 Å². The van der Waals surface area contributed by atoms with E-state index in [1.807, 2.05) is 19.1 Å². The molecule has 2 rings (SSSR count). The van der Waals surface area contributed by atoms with E-state index in [4.69, 9.17) is 14.2 Å². The Labute approximate surface area is 204 Å². The van der Waals surface area contributed by atoms with Gasteiger partial charge in [0.05, 0.1) is 21.3 Å². The highest BCUT2D eigenvalue weighted by atomic mass is 127. The predicted molar refractivity (Wildman–Crippen MR) is 131 cm³/mol. The maximum absolute atomic E-state index is 12.7. The molecule has 0 aliphatic rings. The number of nitrogens with one attached hydrogen (secondary N) is 2. The van der Waals surface area contributed by atoms with Crippen LogP contribution in [0.5, 0.6) is 23.0 Å². The van der Waals surface area contributed by atoms with Crippen LogP contribution in [0, 0.1) is 6.92 Å². The van der Waals surface area contributed by atoms with Crippen molar-refractivity contribution in [2.75, 3.05) is 34.9 Å². The maximum atomic E-state index is 12.7. The predicted octanol–water partition coefficient (Wildman–Crippen LogP) is 4.15. The number of aliphatic imine (C=N–C) groups is 1. The van der Waals surface area contributed by atoms with Gasteiger partial charge in [-0.25, -0.2) is 0 Å². The molecule has 0 bridgehead atoms. The number of halogens is 3. The molecule has 0 amide bonds. The monoisotopic (exact) mass is 565 g/mol. The number of methoxy groups -OCH3 is 3. The topological polar surface area (TPSA) is 73.3 Å². The van der Waals surface area contributed by atoms with E-state index in [1.165, 1.54) is 6.07 Å². The van der Waals surface area contributed by atoms with E-state index < -0.39 is 6.61 Å². The van der Waals surface area contributed by atoms with Crippen molar-refractivity contribution < 1.29 is 27.7 Å². The van der Waals surface area contributed by atoms with Crippen LogP contribution in [0.25, 0.3) is 0 Å². The molecule has 0 radical (unpaired) electrons. The van der Waals surface area contributed by atoms with E-state index >= 15 is 0 Å². The molecular formula is C22H30F2IN3O4. The Balaban J connectivity index is 0.00000512. The lowest BCUT2D eigenvalue weighted by Gasteiger charge is -2.17. The Hall–Kier alpha value is -2.50. The Morgan fingerprint density at radius 2 is 1.62 bits per heavy atom. The molecule has 0 aliphatic heterocycles. The minimum atomic E-state index is -2.88. The first kappa shape index (κ1) is 27.5. The zero-order valence-electron chi connectivity index (χ0n) is 18.8. The molecule has 178 valence electrons. The molecule has 0 fully saturated rings. The van der Waals surface area contributed by atoms with Gasteiger partial charge in [0.15, 0.2) is 17.5 Å². The van der Waals surface area contributed by atoms with E-state index in [9.17, 15) is 8.78 Å². The van der Waals surface area contributed by atoms with E-state index in [-0.39, 0.29) is 36.3 Å². The SMILES string of the molecule is CN=C(NCCc1ccc(OC)c(OC)c1OC)NCc1cc(C)ccc1OC(F)F.I. The summed E-state index contributed by atoms with van der Waals surface area (Å²) in [6, 6.07) is 8.81. The third-order valence-corrected chi connectivity index (χ3v) is 4.57. The quantitative estimate of drug-likeness (QED) is 0.256. The van der Waals surface area contributed by atoms with Crippen LogP contribution in [0.15, 0.2) is 35.3 Å². The van der Waals surface area contributed by atoms with Gasteiger partial charge in [-0.3, -0.25) is 4.99 Å². The average Bonchev–Trinajstić information content (AvgIpc) is 2.76. The maximum Gasteiger partial charge on any atom is 0.387 e. The number of ether oxygens (including phenoxy) is 4. The molecule has 2 N–H and O–H groups in total. The fourth-order valence-electron chi connectivity index (χ4n) is 3.13. The number of benzene rings is 2. The Kier molecular flexibility index (Phi) is 11.9. The molecule has 0 heterocycles. The normalized spacial score (nSPS) is 10.9.